The van der Waals surface area contributed by atoms with Crippen molar-refractivity contribution < 1.29 is 14.7 Å². The SMILES string of the molecule is CC(CCO)CNC(=O)C(=O)Nc1ccccc1-c1ccccc1. The number of hydrogen-bond donors (Lipinski definition) is 3. The van der Waals surface area contributed by atoms with Gasteiger partial charge in [0.25, 0.3) is 0 Å². The number of rotatable bonds is 6. The maximum atomic E-state index is 12.1. The molecule has 5 heteroatoms. The minimum Gasteiger partial charge on any atom is -0.396 e. The summed E-state index contributed by atoms with van der Waals surface area (Å²) in [5, 5.41) is 14.1. The highest BCUT2D eigenvalue weighted by Gasteiger charge is 2.16. The first kappa shape index (κ1) is 17.7. The lowest BCUT2D eigenvalue weighted by Gasteiger charge is -2.13. The summed E-state index contributed by atoms with van der Waals surface area (Å²) in [4.78, 5) is 24.0. The molecule has 0 saturated carbocycles. The molecule has 1 atom stereocenters. The predicted molar refractivity (Wildman–Crippen MR) is 94.4 cm³/mol. The van der Waals surface area contributed by atoms with Gasteiger partial charge in [-0.15, -0.1) is 0 Å². The first-order valence-electron chi connectivity index (χ1n) is 7.96. The lowest BCUT2D eigenvalue weighted by atomic mass is 10.0. The molecule has 0 aromatic heterocycles. The van der Waals surface area contributed by atoms with Crippen molar-refractivity contribution in [2.75, 3.05) is 18.5 Å². The van der Waals surface area contributed by atoms with Crippen LogP contribution in [0.1, 0.15) is 13.3 Å². The Kier molecular flexibility index (Phi) is 6.51. The first-order valence-corrected chi connectivity index (χ1v) is 7.96. The average Bonchev–Trinajstić information content (AvgIpc) is 2.61. The smallest absolute Gasteiger partial charge is 0.313 e. The van der Waals surface area contributed by atoms with Crippen LogP contribution in [-0.2, 0) is 9.59 Å². The zero-order valence-electron chi connectivity index (χ0n) is 13.7. The van der Waals surface area contributed by atoms with Crippen LogP contribution in [0.25, 0.3) is 11.1 Å². The second-order valence-electron chi connectivity index (χ2n) is 5.69. The molecule has 0 aliphatic rings. The lowest BCUT2D eigenvalue weighted by molar-refractivity contribution is -0.136. The van der Waals surface area contributed by atoms with Crippen LogP contribution in [-0.4, -0.2) is 30.1 Å². The van der Waals surface area contributed by atoms with Gasteiger partial charge in [-0.05, 0) is 24.0 Å². The highest BCUT2D eigenvalue weighted by atomic mass is 16.3. The van der Waals surface area contributed by atoms with Gasteiger partial charge in [-0.3, -0.25) is 9.59 Å². The van der Waals surface area contributed by atoms with E-state index in [1.165, 1.54) is 0 Å². The fourth-order valence-corrected chi connectivity index (χ4v) is 2.31. The third-order valence-corrected chi connectivity index (χ3v) is 3.70. The van der Waals surface area contributed by atoms with Crippen LogP contribution in [0, 0.1) is 5.92 Å². The summed E-state index contributed by atoms with van der Waals surface area (Å²) < 4.78 is 0. The molecule has 0 aliphatic heterocycles. The zero-order valence-corrected chi connectivity index (χ0v) is 13.7. The fraction of sp³-hybridized carbons (Fsp3) is 0.263. The Balaban J connectivity index is 2.03. The lowest BCUT2D eigenvalue weighted by Crippen LogP contribution is -2.37. The summed E-state index contributed by atoms with van der Waals surface area (Å²) in [6.45, 7) is 2.32. The van der Waals surface area contributed by atoms with Crippen molar-refractivity contribution >= 4 is 17.5 Å². The van der Waals surface area contributed by atoms with E-state index in [1.54, 1.807) is 6.07 Å². The Morgan fingerprint density at radius 3 is 2.38 bits per heavy atom. The molecule has 24 heavy (non-hydrogen) atoms. The Hall–Kier alpha value is -2.66. The summed E-state index contributed by atoms with van der Waals surface area (Å²) in [5.41, 5.74) is 2.41. The number of benzene rings is 2. The van der Waals surface area contributed by atoms with Gasteiger partial charge in [0.1, 0.15) is 0 Å². The highest BCUT2D eigenvalue weighted by molar-refractivity contribution is 6.39. The topological polar surface area (TPSA) is 78.4 Å². The molecule has 2 aromatic rings. The molecule has 0 saturated heterocycles. The molecular formula is C19H22N2O3. The monoisotopic (exact) mass is 326 g/mol. The molecule has 0 aliphatic carbocycles. The maximum Gasteiger partial charge on any atom is 0.313 e. The average molecular weight is 326 g/mol. The van der Waals surface area contributed by atoms with Gasteiger partial charge in [-0.2, -0.15) is 0 Å². The summed E-state index contributed by atoms with van der Waals surface area (Å²) in [6.07, 6.45) is 0.582. The van der Waals surface area contributed by atoms with Crippen molar-refractivity contribution in [3.63, 3.8) is 0 Å². The van der Waals surface area contributed by atoms with Gasteiger partial charge < -0.3 is 15.7 Å². The van der Waals surface area contributed by atoms with Gasteiger partial charge in [0.05, 0.1) is 0 Å². The van der Waals surface area contributed by atoms with E-state index in [0.717, 1.165) is 11.1 Å². The van der Waals surface area contributed by atoms with Crippen molar-refractivity contribution in [2.45, 2.75) is 13.3 Å². The van der Waals surface area contributed by atoms with Crippen LogP contribution in [0.3, 0.4) is 0 Å². The third-order valence-electron chi connectivity index (χ3n) is 3.70. The number of aliphatic hydroxyl groups excluding tert-OH is 1. The van der Waals surface area contributed by atoms with Gasteiger partial charge in [0.2, 0.25) is 0 Å². The van der Waals surface area contributed by atoms with Crippen LogP contribution in [0.15, 0.2) is 54.6 Å². The first-order chi connectivity index (χ1) is 11.6. The fourth-order valence-electron chi connectivity index (χ4n) is 2.31. The Morgan fingerprint density at radius 1 is 1.00 bits per heavy atom. The molecule has 2 amide bonds. The van der Waals surface area contributed by atoms with E-state index >= 15 is 0 Å². The number of nitrogens with one attached hydrogen (secondary N) is 2. The number of carbonyl (C=O) groups excluding carboxylic acids is 2. The molecule has 3 N–H and O–H groups in total. The third kappa shape index (κ3) is 4.93. The van der Waals surface area contributed by atoms with E-state index < -0.39 is 11.8 Å². The van der Waals surface area contributed by atoms with Crippen LogP contribution < -0.4 is 10.6 Å². The minimum atomic E-state index is -0.699. The van der Waals surface area contributed by atoms with Crippen LogP contribution in [0.2, 0.25) is 0 Å². The van der Waals surface area contributed by atoms with Crippen LogP contribution in [0.4, 0.5) is 5.69 Å². The molecule has 0 fully saturated rings. The van der Waals surface area contributed by atoms with Crippen molar-refractivity contribution in [1.82, 2.24) is 5.32 Å². The second-order valence-corrected chi connectivity index (χ2v) is 5.69. The van der Waals surface area contributed by atoms with E-state index in [4.69, 9.17) is 5.11 Å². The van der Waals surface area contributed by atoms with E-state index in [0.29, 0.717) is 18.7 Å². The second kappa shape index (κ2) is 8.84. The van der Waals surface area contributed by atoms with Crippen molar-refractivity contribution in [3.8, 4) is 11.1 Å². The van der Waals surface area contributed by atoms with E-state index in [1.807, 2.05) is 55.5 Å². The number of amides is 2. The Labute approximate surface area is 141 Å². The van der Waals surface area contributed by atoms with Gasteiger partial charge in [-0.25, -0.2) is 0 Å². The molecule has 0 spiro atoms. The Morgan fingerprint density at radius 2 is 1.67 bits per heavy atom. The van der Waals surface area contributed by atoms with Crippen molar-refractivity contribution in [1.29, 1.82) is 0 Å². The minimum absolute atomic E-state index is 0.0632. The maximum absolute atomic E-state index is 12.1. The number of hydrogen-bond acceptors (Lipinski definition) is 3. The molecule has 2 rings (SSSR count). The Bertz CT molecular complexity index is 686. The van der Waals surface area contributed by atoms with Crippen LogP contribution >= 0.6 is 0 Å². The molecule has 2 aromatic carbocycles. The van der Waals surface area contributed by atoms with Gasteiger partial charge >= 0.3 is 11.8 Å². The summed E-state index contributed by atoms with van der Waals surface area (Å²) in [6, 6.07) is 17.0. The van der Waals surface area contributed by atoms with E-state index in [2.05, 4.69) is 10.6 Å². The predicted octanol–water partition coefficient (Wildman–Crippen LogP) is 2.43. The van der Waals surface area contributed by atoms with Gasteiger partial charge in [0.15, 0.2) is 0 Å². The van der Waals surface area contributed by atoms with Crippen molar-refractivity contribution in [2.24, 2.45) is 5.92 Å². The molecule has 0 bridgehead atoms. The summed E-state index contributed by atoms with van der Waals surface area (Å²) in [7, 11) is 0. The van der Waals surface area contributed by atoms with Gasteiger partial charge in [-0.1, -0.05) is 55.5 Å². The number of aliphatic hydroxyl groups is 1. The van der Waals surface area contributed by atoms with Gasteiger partial charge in [0, 0.05) is 24.4 Å². The normalized spacial score (nSPS) is 11.6. The zero-order chi connectivity index (χ0) is 17.4. The van der Waals surface area contributed by atoms with Crippen LogP contribution in [0.5, 0.6) is 0 Å². The molecule has 1 unspecified atom stereocenters. The van der Waals surface area contributed by atoms with E-state index in [-0.39, 0.29) is 12.5 Å². The molecule has 0 heterocycles. The molecule has 126 valence electrons. The largest absolute Gasteiger partial charge is 0.396 e. The molecule has 0 radical (unpaired) electrons. The number of para-hydroxylation sites is 1. The van der Waals surface area contributed by atoms with Crippen molar-refractivity contribution in [3.05, 3.63) is 54.6 Å². The summed E-state index contributed by atoms with van der Waals surface area (Å²) >= 11 is 0. The highest BCUT2D eigenvalue weighted by Crippen LogP contribution is 2.27. The quantitative estimate of drug-likeness (QED) is 0.713. The number of carbonyl (C=O) groups is 2. The molecular weight excluding hydrogens is 304 g/mol. The standard InChI is InChI=1S/C19H22N2O3/c1-14(11-12-22)13-20-18(23)19(24)21-17-10-6-5-9-16(17)15-7-3-2-4-8-15/h2-10,14,22H,11-13H2,1H3,(H,20,23)(H,21,24). The molecule has 5 nitrogen and oxygen atoms in total. The van der Waals surface area contributed by atoms with E-state index in [9.17, 15) is 9.59 Å². The summed E-state index contributed by atoms with van der Waals surface area (Å²) in [5.74, 6) is -1.26. The number of anilines is 1.